The van der Waals surface area contributed by atoms with Crippen LogP contribution >= 0.6 is 0 Å². The maximum Gasteiger partial charge on any atom is 0.180 e. The van der Waals surface area contributed by atoms with Gasteiger partial charge < -0.3 is 15.7 Å². The lowest BCUT2D eigenvalue weighted by Crippen LogP contribution is -2.32. The summed E-state index contributed by atoms with van der Waals surface area (Å²) in [4.78, 5) is 29.9. The molecule has 0 aliphatic rings. The van der Waals surface area contributed by atoms with E-state index >= 15 is 0 Å². The molecule has 4 rings (SSSR count). The number of aromatic nitrogens is 4. The fourth-order valence-electron chi connectivity index (χ4n) is 4.63. The van der Waals surface area contributed by atoms with E-state index in [1.807, 2.05) is 13.0 Å². The molecule has 0 amide bonds. The van der Waals surface area contributed by atoms with Crippen molar-refractivity contribution in [3.05, 3.63) is 41.7 Å². The molecule has 7 heteroatoms. The first-order valence-corrected chi connectivity index (χ1v) is 11.7. The fourth-order valence-corrected chi connectivity index (χ4v) is 4.63. The highest BCUT2D eigenvalue weighted by Crippen LogP contribution is 2.31. The Hall–Kier alpha value is -3.19. The van der Waals surface area contributed by atoms with Crippen molar-refractivity contribution < 1.29 is 4.79 Å². The summed E-state index contributed by atoms with van der Waals surface area (Å²) in [5.74, 6) is 1.71. The summed E-state index contributed by atoms with van der Waals surface area (Å²) in [5, 5.41) is 1.15. The Morgan fingerprint density at radius 3 is 2.70 bits per heavy atom. The Kier molecular flexibility index (Phi) is 6.51. The number of rotatable bonds is 9. The number of nitrogens with two attached hydrogens (primary N) is 1. The number of H-pyrrole nitrogens is 2. The van der Waals surface area contributed by atoms with Crippen LogP contribution in [0.5, 0.6) is 0 Å². The number of carbonyl (C=O) groups excluding carboxylic acids is 1. The highest BCUT2D eigenvalue weighted by Gasteiger charge is 2.20. The number of pyridine rings is 1. The molecular formula is C26H34N6O. The van der Waals surface area contributed by atoms with Crippen LogP contribution in [0.1, 0.15) is 51.4 Å². The maximum atomic E-state index is 12.0. The second-order valence-corrected chi connectivity index (χ2v) is 9.32. The second-order valence-electron chi connectivity index (χ2n) is 9.32. The van der Waals surface area contributed by atoms with Crippen molar-refractivity contribution in [3.8, 4) is 11.3 Å². The molecule has 0 bridgehead atoms. The van der Waals surface area contributed by atoms with Crippen LogP contribution < -0.4 is 5.73 Å². The first kappa shape index (κ1) is 23.0. The lowest BCUT2D eigenvalue weighted by atomic mass is 9.92. The van der Waals surface area contributed by atoms with Gasteiger partial charge in [0.1, 0.15) is 17.4 Å². The normalized spacial score (nSPS) is 13.8. The van der Waals surface area contributed by atoms with E-state index in [1.54, 1.807) is 6.92 Å². The van der Waals surface area contributed by atoms with Crippen molar-refractivity contribution in [1.29, 1.82) is 0 Å². The van der Waals surface area contributed by atoms with Gasteiger partial charge in [-0.3, -0.25) is 9.69 Å². The maximum absolute atomic E-state index is 12.0. The fraction of sp³-hybridized carbons (Fsp3) is 0.423. The topological polar surface area (TPSA) is 104 Å². The number of Topliss-reactive ketones (excluding diaryl/α,β-unsaturated/α-hetero) is 1. The molecule has 174 valence electrons. The molecule has 33 heavy (non-hydrogen) atoms. The van der Waals surface area contributed by atoms with Gasteiger partial charge in [-0.1, -0.05) is 19.4 Å². The van der Waals surface area contributed by atoms with Crippen LogP contribution in [-0.2, 0) is 11.3 Å². The van der Waals surface area contributed by atoms with Gasteiger partial charge in [-0.05, 0) is 70.5 Å². The molecule has 0 radical (unpaired) electrons. The summed E-state index contributed by atoms with van der Waals surface area (Å²) < 4.78 is 0. The number of fused-ring (bicyclic) bond motifs is 2. The van der Waals surface area contributed by atoms with Gasteiger partial charge >= 0.3 is 0 Å². The van der Waals surface area contributed by atoms with Crippen molar-refractivity contribution in [2.45, 2.75) is 59.5 Å². The lowest BCUT2D eigenvalue weighted by molar-refractivity contribution is -0.121. The number of nitrogen functional groups attached to an aromatic ring is 1. The number of anilines is 1. The molecule has 0 aliphatic carbocycles. The molecule has 7 nitrogen and oxygen atoms in total. The van der Waals surface area contributed by atoms with Crippen molar-refractivity contribution in [2.24, 2.45) is 5.92 Å². The molecule has 0 fully saturated rings. The predicted molar refractivity (Wildman–Crippen MR) is 135 cm³/mol. The number of ketones is 1. The smallest absolute Gasteiger partial charge is 0.180 e. The Labute approximate surface area is 194 Å². The zero-order valence-electron chi connectivity index (χ0n) is 20.2. The molecule has 1 aromatic carbocycles. The van der Waals surface area contributed by atoms with Crippen molar-refractivity contribution in [3.63, 3.8) is 0 Å². The van der Waals surface area contributed by atoms with Gasteiger partial charge in [0, 0.05) is 40.7 Å². The summed E-state index contributed by atoms with van der Waals surface area (Å²) >= 11 is 0. The minimum absolute atomic E-state index is 0.151. The molecule has 4 aromatic rings. The van der Waals surface area contributed by atoms with Gasteiger partial charge in [0.25, 0.3) is 0 Å². The number of aromatic amines is 2. The minimum Gasteiger partial charge on any atom is -0.384 e. The highest BCUT2D eigenvalue weighted by atomic mass is 16.1. The Morgan fingerprint density at radius 1 is 1.18 bits per heavy atom. The predicted octanol–water partition coefficient (Wildman–Crippen LogP) is 5.21. The number of imidazole rings is 1. The number of carbonyl (C=O) groups is 1. The third kappa shape index (κ3) is 4.93. The van der Waals surface area contributed by atoms with E-state index in [-0.39, 0.29) is 5.92 Å². The van der Waals surface area contributed by atoms with Crippen molar-refractivity contribution >= 4 is 33.7 Å². The summed E-state index contributed by atoms with van der Waals surface area (Å²) in [7, 11) is 2.14. The lowest BCUT2D eigenvalue weighted by Gasteiger charge is -2.27. The van der Waals surface area contributed by atoms with Crippen LogP contribution in [0.4, 0.5) is 5.82 Å². The Balaban J connectivity index is 1.56. The molecule has 0 saturated carbocycles. The van der Waals surface area contributed by atoms with Crippen LogP contribution in [-0.4, -0.2) is 43.7 Å². The van der Waals surface area contributed by atoms with Gasteiger partial charge in [-0.2, -0.15) is 0 Å². The zero-order valence-corrected chi connectivity index (χ0v) is 20.2. The van der Waals surface area contributed by atoms with E-state index < -0.39 is 0 Å². The van der Waals surface area contributed by atoms with Gasteiger partial charge in [0.05, 0.1) is 5.52 Å². The number of hydrogen-bond acceptors (Lipinski definition) is 5. The van der Waals surface area contributed by atoms with Crippen LogP contribution in [0, 0.1) is 12.8 Å². The van der Waals surface area contributed by atoms with E-state index in [9.17, 15) is 4.79 Å². The van der Waals surface area contributed by atoms with E-state index in [4.69, 9.17) is 5.73 Å². The largest absolute Gasteiger partial charge is 0.384 e. The third-order valence-electron chi connectivity index (χ3n) is 6.60. The van der Waals surface area contributed by atoms with E-state index in [0.717, 1.165) is 59.3 Å². The van der Waals surface area contributed by atoms with Crippen LogP contribution in [0.25, 0.3) is 33.3 Å². The van der Waals surface area contributed by atoms with E-state index in [0.29, 0.717) is 23.3 Å². The van der Waals surface area contributed by atoms with Crippen molar-refractivity contribution in [2.75, 3.05) is 12.8 Å². The summed E-state index contributed by atoms with van der Waals surface area (Å²) in [6, 6.07) is 10.9. The molecule has 0 aliphatic heterocycles. The minimum atomic E-state index is 0.151. The summed E-state index contributed by atoms with van der Waals surface area (Å²) in [5.41, 5.74) is 11.8. The molecule has 2 atom stereocenters. The molecule has 3 heterocycles. The van der Waals surface area contributed by atoms with Gasteiger partial charge in [0.15, 0.2) is 5.65 Å². The molecule has 2 unspecified atom stereocenters. The van der Waals surface area contributed by atoms with E-state index in [2.05, 4.69) is 70.0 Å². The van der Waals surface area contributed by atoms with Crippen LogP contribution in [0.15, 0.2) is 30.3 Å². The number of hydrogen-bond donors (Lipinski definition) is 3. The van der Waals surface area contributed by atoms with Gasteiger partial charge in [-0.25, -0.2) is 9.97 Å². The first-order chi connectivity index (χ1) is 15.7. The molecule has 3 aromatic heterocycles. The Bertz CT molecular complexity index is 1290. The average molecular weight is 447 g/mol. The number of nitrogens with zero attached hydrogens (tertiary/aromatic N) is 3. The van der Waals surface area contributed by atoms with Gasteiger partial charge in [-0.15, -0.1) is 0 Å². The standard InChI is InChI=1S/C26H34N6O/c1-6-7-19(16(3)33)10-15(2)32(5)14-18-8-9-22-20(11-18)12-23(30-22)21-13-24(27)31-26-25(21)28-17(4)29-26/h8-9,11-13,15,19,30H,6-7,10,14H2,1-5H3,(H3,27,28,29,31). The molecular weight excluding hydrogens is 412 g/mol. The van der Waals surface area contributed by atoms with E-state index in [1.165, 1.54) is 5.56 Å². The average Bonchev–Trinajstić information content (AvgIpc) is 3.34. The number of aryl methyl sites for hydroxylation is 1. The molecule has 0 saturated heterocycles. The monoisotopic (exact) mass is 446 g/mol. The third-order valence-corrected chi connectivity index (χ3v) is 6.60. The summed E-state index contributed by atoms with van der Waals surface area (Å²) in [6.45, 7) is 8.82. The highest BCUT2D eigenvalue weighted by molar-refractivity contribution is 5.95. The molecule has 4 N–H and O–H groups in total. The van der Waals surface area contributed by atoms with Crippen molar-refractivity contribution in [1.82, 2.24) is 24.8 Å². The number of nitrogens with one attached hydrogen (secondary N) is 2. The number of benzene rings is 1. The van der Waals surface area contributed by atoms with Crippen LogP contribution in [0.3, 0.4) is 0 Å². The first-order valence-electron chi connectivity index (χ1n) is 11.7. The van der Waals surface area contributed by atoms with Gasteiger partial charge in [0.2, 0.25) is 0 Å². The SMILES string of the molecule is CCCC(CC(C)N(C)Cc1ccc2[nH]c(-c3cc(N)nc4nc(C)[nH]c34)cc2c1)C(C)=O. The van der Waals surface area contributed by atoms with Crippen LogP contribution in [0.2, 0.25) is 0 Å². The summed E-state index contributed by atoms with van der Waals surface area (Å²) in [6.07, 6.45) is 2.91. The second kappa shape index (κ2) is 9.35. The quantitative estimate of drug-likeness (QED) is 0.327. The molecule has 0 spiro atoms. The Morgan fingerprint density at radius 2 is 1.97 bits per heavy atom. The zero-order chi connectivity index (χ0) is 23.7.